The first-order valence-corrected chi connectivity index (χ1v) is 12.7. The molecule has 0 aliphatic carbocycles. The fourth-order valence-corrected chi connectivity index (χ4v) is 5.96. The highest BCUT2D eigenvalue weighted by atomic mass is 35.5. The van der Waals surface area contributed by atoms with Gasteiger partial charge in [0.1, 0.15) is 5.69 Å². The van der Waals surface area contributed by atoms with Gasteiger partial charge in [-0.15, -0.1) is 0 Å². The molecule has 33 heavy (non-hydrogen) atoms. The molecule has 0 radical (unpaired) electrons. The first kappa shape index (κ1) is 21.7. The molecule has 3 aromatic heterocycles. The van der Waals surface area contributed by atoms with Gasteiger partial charge in [0.2, 0.25) is 0 Å². The minimum atomic E-state index is -3.12. The Morgan fingerprint density at radius 2 is 2.06 bits per heavy atom. The summed E-state index contributed by atoms with van der Waals surface area (Å²) in [6.07, 6.45) is 2.00. The van der Waals surface area contributed by atoms with E-state index in [1.54, 1.807) is 41.9 Å². The number of furan rings is 1. The lowest BCUT2D eigenvalue weighted by Crippen LogP contribution is -2.23. The van der Waals surface area contributed by atoms with Crippen LogP contribution in [0.1, 0.15) is 34.1 Å². The number of sulfone groups is 1. The number of aromatic nitrogens is 3. The molecule has 1 amide bonds. The van der Waals surface area contributed by atoms with Gasteiger partial charge in [-0.1, -0.05) is 23.7 Å². The fourth-order valence-electron chi connectivity index (χ4n) is 4.15. The van der Waals surface area contributed by atoms with Gasteiger partial charge in [-0.3, -0.25) is 4.79 Å². The largest absolute Gasteiger partial charge is 0.463 e. The number of amides is 1. The molecule has 5 rings (SSSR count). The van der Waals surface area contributed by atoms with E-state index in [1.165, 1.54) is 6.26 Å². The zero-order valence-electron chi connectivity index (χ0n) is 17.8. The Hall–Kier alpha value is -3.17. The fraction of sp³-hybridized carbons (Fsp3) is 0.261. The third kappa shape index (κ3) is 4.26. The molecule has 10 heteroatoms. The Labute approximate surface area is 195 Å². The summed E-state index contributed by atoms with van der Waals surface area (Å²) in [5, 5.41) is 8.77. The van der Waals surface area contributed by atoms with Crippen LogP contribution in [0.15, 0.2) is 53.1 Å². The summed E-state index contributed by atoms with van der Waals surface area (Å²) in [5.41, 5.74) is 2.88. The van der Waals surface area contributed by atoms with Gasteiger partial charge in [0.05, 0.1) is 40.5 Å². The predicted molar refractivity (Wildman–Crippen MR) is 125 cm³/mol. The van der Waals surface area contributed by atoms with E-state index in [4.69, 9.17) is 21.0 Å². The lowest BCUT2D eigenvalue weighted by atomic mass is 10.1. The van der Waals surface area contributed by atoms with Crippen molar-refractivity contribution in [3.05, 3.63) is 70.6 Å². The molecule has 1 atom stereocenters. The van der Waals surface area contributed by atoms with Crippen LogP contribution in [0.4, 0.5) is 0 Å². The van der Waals surface area contributed by atoms with E-state index in [0.717, 1.165) is 5.56 Å². The normalized spacial score (nSPS) is 17.5. The summed E-state index contributed by atoms with van der Waals surface area (Å²) >= 11 is 5.94. The first-order valence-electron chi connectivity index (χ1n) is 10.5. The second kappa shape index (κ2) is 8.31. The topological polar surface area (TPSA) is 107 Å². The number of rotatable bonds is 5. The Bertz CT molecular complexity index is 1440. The van der Waals surface area contributed by atoms with Gasteiger partial charge >= 0.3 is 0 Å². The maximum absolute atomic E-state index is 13.3. The van der Waals surface area contributed by atoms with Crippen molar-refractivity contribution in [3.8, 4) is 11.5 Å². The zero-order valence-corrected chi connectivity index (χ0v) is 19.4. The molecule has 8 nitrogen and oxygen atoms in total. The van der Waals surface area contributed by atoms with Crippen LogP contribution in [0.3, 0.4) is 0 Å². The molecule has 1 aliphatic heterocycles. The van der Waals surface area contributed by atoms with Crippen LogP contribution in [0, 0.1) is 6.92 Å². The molecular formula is C23H21ClN4O4S. The molecule has 170 valence electrons. The highest BCUT2D eigenvalue weighted by Gasteiger charge is 2.32. The summed E-state index contributed by atoms with van der Waals surface area (Å²) < 4.78 is 31.3. The van der Waals surface area contributed by atoms with Gasteiger partial charge in [-0.2, -0.15) is 5.10 Å². The van der Waals surface area contributed by atoms with Gasteiger partial charge in [0.25, 0.3) is 5.91 Å². The summed E-state index contributed by atoms with van der Waals surface area (Å²) in [4.78, 5) is 18.0. The maximum atomic E-state index is 13.3. The van der Waals surface area contributed by atoms with Crippen LogP contribution in [0.5, 0.6) is 0 Å². The number of nitrogens with one attached hydrogen (secondary N) is 1. The number of carbonyl (C=O) groups is 1. The Balaban J connectivity index is 1.58. The Kier molecular flexibility index (Phi) is 5.46. The number of aryl methyl sites for hydroxylation is 1. The summed E-state index contributed by atoms with van der Waals surface area (Å²) in [7, 11) is -3.12. The molecule has 1 aliphatic rings. The van der Waals surface area contributed by atoms with Crippen molar-refractivity contribution in [3.63, 3.8) is 0 Å². The number of halogens is 1. The van der Waals surface area contributed by atoms with Crippen molar-refractivity contribution in [2.24, 2.45) is 0 Å². The molecule has 1 unspecified atom stereocenters. The number of nitrogens with zero attached hydrogens (tertiary/aromatic N) is 3. The predicted octanol–water partition coefficient (Wildman–Crippen LogP) is 3.94. The Morgan fingerprint density at radius 1 is 1.27 bits per heavy atom. The summed E-state index contributed by atoms with van der Waals surface area (Å²) in [6, 6.07) is 12.1. The van der Waals surface area contributed by atoms with E-state index in [9.17, 15) is 13.2 Å². The minimum Gasteiger partial charge on any atom is -0.463 e. The zero-order chi connectivity index (χ0) is 23.2. The van der Waals surface area contributed by atoms with Crippen molar-refractivity contribution in [1.29, 1.82) is 0 Å². The number of benzene rings is 1. The third-order valence-electron chi connectivity index (χ3n) is 5.78. The SMILES string of the molecule is Cc1nn(C2CCS(=O)(=O)C2)c2nc(-c3ccco3)cc(C(=O)NCc3ccc(Cl)cc3)c12. The van der Waals surface area contributed by atoms with E-state index in [2.05, 4.69) is 10.4 Å². The van der Waals surface area contributed by atoms with Gasteiger partial charge in [0.15, 0.2) is 21.2 Å². The van der Waals surface area contributed by atoms with Crippen LogP contribution in [0.25, 0.3) is 22.5 Å². The molecule has 1 fully saturated rings. The van der Waals surface area contributed by atoms with E-state index in [-0.39, 0.29) is 23.5 Å². The van der Waals surface area contributed by atoms with Crippen LogP contribution in [-0.4, -0.2) is 40.6 Å². The second-order valence-electron chi connectivity index (χ2n) is 8.13. The average Bonchev–Trinajstić information content (AvgIpc) is 3.52. The molecular weight excluding hydrogens is 464 g/mol. The smallest absolute Gasteiger partial charge is 0.252 e. The first-order chi connectivity index (χ1) is 15.8. The number of fused-ring (bicyclic) bond motifs is 1. The highest BCUT2D eigenvalue weighted by Crippen LogP contribution is 2.32. The maximum Gasteiger partial charge on any atom is 0.252 e. The molecule has 0 saturated carbocycles. The van der Waals surface area contributed by atoms with Crippen LogP contribution in [-0.2, 0) is 16.4 Å². The number of hydrogen-bond acceptors (Lipinski definition) is 6. The van der Waals surface area contributed by atoms with E-state index in [0.29, 0.717) is 51.7 Å². The third-order valence-corrected chi connectivity index (χ3v) is 7.78. The average molecular weight is 485 g/mol. The molecule has 1 aromatic carbocycles. The molecule has 0 bridgehead atoms. The monoisotopic (exact) mass is 484 g/mol. The van der Waals surface area contributed by atoms with Crippen LogP contribution >= 0.6 is 11.6 Å². The van der Waals surface area contributed by atoms with Crippen LogP contribution in [0.2, 0.25) is 5.02 Å². The van der Waals surface area contributed by atoms with Crippen molar-refractivity contribution >= 4 is 38.4 Å². The number of carbonyl (C=O) groups excluding carboxylic acids is 1. The Morgan fingerprint density at radius 3 is 2.73 bits per heavy atom. The van der Waals surface area contributed by atoms with Gasteiger partial charge < -0.3 is 9.73 Å². The van der Waals surface area contributed by atoms with Gasteiger partial charge in [-0.25, -0.2) is 18.1 Å². The molecule has 0 spiro atoms. The van der Waals surface area contributed by atoms with Gasteiger partial charge in [-0.05, 0) is 49.2 Å². The van der Waals surface area contributed by atoms with Crippen molar-refractivity contribution < 1.29 is 17.6 Å². The molecule has 4 heterocycles. The van der Waals surface area contributed by atoms with E-state index in [1.807, 2.05) is 12.1 Å². The summed E-state index contributed by atoms with van der Waals surface area (Å²) in [5.74, 6) is 0.346. The molecule has 1 N–H and O–H groups in total. The highest BCUT2D eigenvalue weighted by molar-refractivity contribution is 7.91. The van der Waals surface area contributed by atoms with Crippen molar-refractivity contribution in [2.75, 3.05) is 11.5 Å². The lowest BCUT2D eigenvalue weighted by Gasteiger charge is -2.12. The standard InChI is InChI=1S/C23H21ClN4O4S/c1-14-21-18(23(29)25-12-15-4-6-16(24)7-5-15)11-19(20-3-2-9-32-20)26-22(21)28(27-14)17-8-10-33(30,31)13-17/h2-7,9,11,17H,8,10,12-13H2,1H3,(H,25,29). The van der Waals surface area contributed by atoms with Crippen molar-refractivity contribution in [2.45, 2.75) is 25.9 Å². The van der Waals surface area contributed by atoms with E-state index < -0.39 is 9.84 Å². The molecule has 4 aromatic rings. The number of pyridine rings is 1. The second-order valence-corrected chi connectivity index (χ2v) is 10.8. The summed E-state index contributed by atoms with van der Waals surface area (Å²) in [6.45, 7) is 2.12. The number of hydrogen-bond donors (Lipinski definition) is 1. The lowest BCUT2D eigenvalue weighted by molar-refractivity contribution is 0.0952. The minimum absolute atomic E-state index is 0.00791. The van der Waals surface area contributed by atoms with E-state index >= 15 is 0 Å². The molecule has 1 saturated heterocycles. The quantitative estimate of drug-likeness (QED) is 0.459. The van der Waals surface area contributed by atoms with Gasteiger partial charge in [0, 0.05) is 11.6 Å². The van der Waals surface area contributed by atoms with Crippen LogP contribution < -0.4 is 5.32 Å². The van der Waals surface area contributed by atoms with Crippen molar-refractivity contribution in [1.82, 2.24) is 20.1 Å².